The van der Waals surface area contributed by atoms with Gasteiger partial charge in [-0.25, -0.2) is 13.1 Å². The van der Waals surface area contributed by atoms with E-state index in [1.54, 1.807) is 12.1 Å². The standard InChI is InChI=1S/C20H28N2O4S/c1-14(2)26-19(23)20(3)10-7-16(8-11-20)21-27(24,25)17-5-6-18-15(13-17)9-12-22(18)4/h5-6,9,12-14,16,21H,7-8,10-11H2,1-4H3. The van der Waals surface area contributed by atoms with E-state index in [0.29, 0.717) is 25.7 Å². The van der Waals surface area contributed by atoms with Crippen molar-refractivity contribution >= 4 is 26.9 Å². The van der Waals surface area contributed by atoms with Crippen LogP contribution in [0.5, 0.6) is 0 Å². The van der Waals surface area contributed by atoms with E-state index < -0.39 is 15.4 Å². The fourth-order valence-corrected chi connectivity index (χ4v) is 4.99. The van der Waals surface area contributed by atoms with Gasteiger partial charge in [0.05, 0.1) is 16.4 Å². The van der Waals surface area contributed by atoms with Crippen LogP contribution in [0.3, 0.4) is 0 Å². The predicted octanol–water partition coefficient (Wildman–Crippen LogP) is 3.36. The van der Waals surface area contributed by atoms with Crippen LogP contribution in [0.4, 0.5) is 0 Å². The molecule has 2 aromatic rings. The van der Waals surface area contributed by atoms with Gasteiger partial charge in [-0.3, -0.25) is 4.79 Å². The van der Waals surface area contributed by atoms with E-state index in [1.165, 1.54) is 0 Å². The molecule has 3 rings (SSSR count). The Kier molecular flexibility index (Phi) is 5.36. The number of fused-ring (bicyclic) bond motifs is 1. The van der Waals surface area contributed by atoms with Crippen molar-refractivity contribution in [3.8, 4) is 0 Å². The molecule has 1 heterocycles. The van der Waals surface area contributed by atoms with E-state index in [4.69, 9.17) is 4.74 Å². The van der Waals surface area contributed by atoms with E-state index in [9.17, 15) is 13.2 Å². The van der Waals surface area contributed by atoms with Crippen molar-refractivity contribution in [2.75, 3.05) is 0 Å². The third-order valence-electron chi connectivity index (χ3n) is 5.41. The van der Waals surface area contributed by atoms with Gasteiger partial charge in [0, 0.05) is 30.2 Å². The molecule has 6 nitrogen and oxygen atoms in total. The lowest BCUT2D eigenvalue weighted by molar-refractivity contribution is -0.161. The first-order chi connectivity index (χ1) is 12.6. The van der Waals surface area contributed by atoms with Crippen molar-refractivity contribution in [3.63, 3.8) is 0 Å². The first-order valence-electron chi connectivity index (χ1n) is 9.39. The minimum absolute atomic E-state index is 0.140. The van der Waals surface area contributed by atoms with Crippen LogP contribution in [-0.4, -0.2) is 31.1 Å². The Morgan fingerprint density at radius 2 is 1.93 bits per heavy atom. The van der Waals surface area contributed by atoms with E-state index in [0.717, 1.165) is 10.9 Å². The van der Waals surface area contributed by atoms with E-state index in [-0.39, 0.29) is 23.0 Å². The molecule has 7 heteroatoms. The van der Waals surface area contributed by atoms with Crippen LogP contribution in [0.2, 0.25) is 0 Å². The van der Waals surface area contributed by atoms with Gasteiger partial charge in [-0.1, -0.05) is 0 Å². The first-order valence-corrected chi connectivity index (χ1v) is 10.9. The largest absolute Gasteiger partial charge is 0.463 e. The van der Waals surface area contributed by atoms with Crippen molar-refractivity contribution < 1.29 is 17.9 Å². The van der Waals surface area contributed by atoms with Gasteiger partial charge in [0.15, 0.2) is 0 Å². The molecule has 0 radical (unpaired) electrons. The summed E-state index contributed by atoms with van der Waals surface area (Å²) < 4.78 is 35.7. The highest BCUT2D eigenvalue weighted by Crippen LogP contribution is 2.37. The normalized spacial score (nSPS) is 23.7. The van der Waals surface area contributed by atoms with Crippen LogP contribution in [-0.2, 0) is 26.6 Å². The third-order valence-corrected chi connectivity index (χ3v) is 6.93. The van der Waals surface area contributed by atoms with Gasteiger partial charge in [0.1, 0.15) is 0 Å². The number of nitrogens with zero attached hydrogens (tertiary/aromatic N) is 1. The summed E-state index contributed by atoms with van der Waals surface area (Å²) in [5, 5.41) is 0.896. The Morgan fingerprint density at radius 3 is 2.56 bits per heavy atom. The molecule has 1 fully saturated rings. The van der Waals surface area contributed by atoms with Crippen molar-refractivity contribution in [2.24, 2.45) is 12.5 Å². The average Bonchev–Trinajstić information content (AvgIpc) is 2.97. The molecule has 27 heavy (non-hydrogen) atoms. The molecule has 1 aromatic carbocycles. The van der Waals surface area contributed by atoms with Gasteiger partial charge in [-0.2, -0.15) is 0 Å². The maximum Gasteiger partial charge on any atom is 0.312 e. The van der Waals surface area contributed by atoms with Crippen molar-refractivity contribution in [3.05, 3.63) is 30.5 Å². The Hall–Kier alpha value is -1.86. The maximum absolute atomic E-state index is 12.8. The number of hydrogen-bond donors (Lipinski definition) is 1. The molecule has 0 unspecified atom stereocenters. The summed E-state index contributed by atoms with van der Waals surface area (Å²) in [6.45, 7) is 5.58. The Balaban J connectivity index is 1.67. The zero-order chi connectivity index (χ0) is 19.8. The number of aromatic nitrogens is 1. The number of ether oxygens (including phenoxy) is 1. The highest BCUT2D eigenvalue weighted by Gasteiger charge is 2.40. The molecule has 0 saturated heterocycles. The Labute approximate surface area is 160 Å². The molecule has 0 amide bonds. The number of aryl methyl sites for hydroxylation is 1. The fraction of sp³-hybridized carbons (Fsp3) is 0.550. The second kappa shape index (κ2) is 7.28. The number of benzene rings is 1. The summed E-state index contributed by atoms with van der Waals surface area (Å²) in [7, 11) is -1.67. The lowest BCUT2D eigenvalue weighted by Gasteiger charge is -2.35. The van der Waals surface area contributed by atoms with Crippen LogP contribution in [0, 0.1) is 5.41 Å². The van der Waals surface area contributed by atoms with Gasteiger partial charge in [0.25, 0.3) is 0 Å². The van der Waals surface area contributed by atoms with Gasteiger partial charge in [0.2, 0.25) is 10.0 Å². The van der Waals surface area contributed by atoms with E-state index >= 15 is 0 Å². The van der Waals surface area contributed by atoms with Crippen molar-refractivity contribution in [1.29, 1.82) is 0 Å². The Bertz CT molecular complexity index is 938. The quantitative estimate of drug-likeness (QED) is 0.792. The van der Waals surface area contributed by atoms with Gasteiger partial charge < -0.3 is 9.30 Å². The van der Waals surface area contributed by atoms with Crippen LogP contribution < -0.4 is 4.72 Å². The molecule has 148 valence electrons. The van der Waals surface area contributed by atoms with E-state index in [1.807, 2.05) is 50.7 Å². The summed E-state index contributed by atoms with van der Waals surface area (Å²) in [5.41, 5.74) is 0.459. The second-order valence-electron chi connectivity index (χ2n) is 8.06. The van der Waals surface area contributed by atoms with Crippen molar-refractivity contribution in [2.45, 2.75) is 63.5 Å². The molecule has 1 N–H and O–H groups in total. The number of rotatable bonds is 5. The second-order valence-corrected chi connectivity index (χ2v) is 9.77. The monoisotopic (exact) mass is 392 g/mol. The molecule has 1 aliphatic rings. The third kappa shape index (κ3) is 4.19. The molecular formula is C20H28N2O4S. The molecule has 0 atom stereocenters. The van der Waals surface area contributed by atoms with E-state index in [2.05, 4.69) is 4.72 Å². The molecule has 1 aromatic heterocycles. The summed E-state index contributed by atoms with van der Waals surface area (Å²) >= 11 is 0. The molecule has 1 aliphatic carbocycles. The number of nitrogens with one attached hydrogen (secondary N) is 1. The molecule has 0 spiro atoms. The highest BCUT2D eigenvalue weighted by molar-refractivity contribution is 7.89. The SMILES string of the molecule is CC(C)OC(=O)C1(C)CCC(NS(=O)(=O)c2ccc3c(ccn3C)c2)CC1. The van der Waals surface area contributed by atoms with Gasteiger partial charge >= 0.3 is 5.97 Å². The first kappa shape index (κ1) is 19.9. The minimum atomic E-state index is -3.59. The maximum atomic E-state index is 12.8. The van der Waals surface area contributed by atoms with Crippen LogP contribution >= 0.6 is 0 Å². The number of carbonyl (C=O) groups excluding carboxylic acids is 1. The number of esters is 1. The van der Waals surface area contributed by atoms with Gasteiger partial charge in [-0.05, 0) is 70.7 Å². The number of hydrogen-bond acceptors (Lipinski definition) is 4. The van der Waals surface area contributed by atoms with Crippen LogP contribution in [0.1, 0.15) is 46.5 Å². The smallest absolute Gasteiger partial charge is 0.312 e. The molecule has 1 saturated carbocycles. The number of sulfonamides is 1. The molecule has 0 bridgehead atoms. The van der Waals surface area contributed by atoms with Crippen LogP contribution in [0.25, 0.3) is 10.9 Å². The summed E-state index contributed by atoms with van der Waals surface area (Å²) in [5.74, 6) is -0.187. The molecule has 0 aliphatic heterocycles. The lowest BCUT2D eigenvalue weighted by atomic mass is 9.74. The lowest BCUT2D eigenvalue weighted by Crippen LogP contribution is -2.43. The highest BCUT2D eigenvalue weighted by atomic mass is 32.2. The summed E-state index contributed by atoms with van der Waals surface area (Å²) in [6.07, 6.45) is 4.24. The number of carbonyl (C=O) groups is 1. The average molecular weight is 393 g/mol. The van der Waals surface area contributed by atoms with Crippen LogP contribution in [0.15, 0.2) is 35.4 Å². The topological polar surface area (TPSA) is 77.4 Å². The van der Waals surface area contributed by atoms with Crippen molar-refractivity contribution in [1.82, 2.24) is 9.29 Å². The zero-order valence-electron chi connectivity index (χ0n) is 16.4. The van der Waals surface area contributed by atoms with Gasteiger partial charge in [-0.15, -0.1) is 0 Å². The predicted molar refractivity (Wildman–Crippen MR) is 105 cm³/mol. The minimum Gasteiger partial charge on any atom is -0.463 e. The summed E-state index contributed by atoms with van der Waals surface area (Å²) in [4.78, 5) is 12.6. The molecular weight excluding hydrogens is 364 g/mol. The summed E-state index contributed by atoms with van der Waals surface area (Å²) in [6, 6.07) is 6.90. The Morgan fingerprint density at radius 1 is 1.26 bits per heavy atom. The zero-order valence-corrected chi connectivity index (χ0v) is 17.2. The fourth-order valence-electron chi connectivity index (χ4n) is 3.65.